The van der Waals surface area contributed by atoms with Gasteiger partial charge in [0.25, 0.3) is 10.2 Å². The van der Waals surface area contributed by atoms with Crippen molar-refractivity contribution < 1.29 is 8.42 Å². The molecule has 0 atom stereocenters. The zero-order valence-electron chi connectivity index (χ0n) is 4.59. The van der Waals surface area contributed by atoms with Crippen LogP contribution in [0.25, 0.3) is 0 Å². The molecular formula is C3H8N2O2S. The lowest BCUT2D eigenvalue weighted by atomic mass is 11.0. The van der Waals surface area contributed by atoms with Crippen molar-refractivity contribution in [3.05, 3.63) is 0 Å². The summed E-state index contributed by atoms with van der Waals surface area (Å²) < 4.78 is 24.7. The van der Waals surface area contributed by atoms with E-state index in [2.05, 4.69) is 4.72 Å². The van der Waals surface area contributed by atoms with Crippen LogP contribution >= 0.6 is 0 Å². The first-order valence-electron chi connectivity index (χ1n) is 2.35. The highest BCUT2D eigenvalue weighted by molar-refractivity contribution is 7.87. The summed E-state index contributed by atoms with van der Waals surface area (Å²) in [7, 11) is -1.63. The number of nitrogens with one attached hydrogen (secondary N) is 1. The van der Waals surface area contributed by atoms with Gasteiger partial charge in [-0.3, -0.25) is 0 Å². The molecule has 0 aromatic carbocycles. The van der Waals surface area contributed by atoms with E-state index in [1.807, 2.05) is 0 Å². The van der Waals surface area contributed by atoms with Crippen LogP contribution in [0.3, 0.4) is 0 Å². The van der Waals surface area contributed by atoms with Crippen LogP contribution in [-0.2, 0) is 10.2 Å². The highest BCUT2D eigenvalue weighted by Gasteiger charge is 2.29. The molecule has 0 bridgehead atoms. The van der Waals surface area contributed by atoms with Crippen LogP contribution in [0.4, 0.5) is 0 Å². The van der Waals surface area contributed by atoms with Crippen molar-refractivity contribution in [2.45, 2.75) is 0 Å². The van der Waals surface area contributed by atoms with E-state index in [1.165, 1.54) is 11.4 Å². The van der Waals surface area contributed by atoms with Crippen molar-refractivity contribution in [1.29, 1.82) is 0 Å². The van der Waals surface area contributed by atoms with E-state index in [4.69, 9.17) is 0 Å². The third kappa shape index (κ3) is 0.988. The molecule has 0 amide bonds. The van der Waals surface area contributed by atoms with E-state index in [9.17, 15) is 8.42 Å². The maximum atomic E-state index is 10.6. The molecule has 0 radical (unpaired) electrons. The van der Waals surface area contributed by atoms with Gasteiger partial charge in [0.15, 0.2) is 0 Å². The first-order valence-corrected chi connectivity index (χ1v) is 3.79. The number of hydrogen-bond donors (Lipinski definition) is 1. The fourth-order valence-electron chi connectivity index (χ4n) is 0.410. The first-order chi connectivity index (χ1) is 3.67. The smallest absolute Gasteiger partial charge is 0.205 e. The monoisotopic (exact) mass is 136 g/mol. The normalized spacial score (nSPS) is 21.1. The molecule has 0 spiro atoms. The standard InChI is InChI=1S/C3H8N2O2S/c1-4-8(6,7)5-2-3-5/h4H,2-3H2,1H3. The van der Waals surface area contributed by atoms with Crippen LogP contribution in [0.2, 0.25) is 0 Å². The second-order valence-electron chi connectivity index (χ2n) is 1.61. The molecule has 1 rings (SSSR count). The van der Waals surface area contributed by atoms with E-state index in [1.54, 1.807) is 0 Å². The van der Waals surface area contributed by atoms with E-state index in [0.29, 0.717) is 13.1 Å². The zero-order valence-corrected chi connectivity index (χ0v) is 5.40. The average molecular weight is 136 g/mol. The van der Waals surface area contributed by atoms with E-state index >= 15 is 0 Å². The summed E-state index contributed by atoms with van der Waals surface area (Å²) in [5.41, 5.74) is 0. The Balaban J connectivity index is 2.65. The maximum absolute atomic E-state index is 10.6. The molecular weight excluding hydrogens is 128 g/mol. The molecule has 0 aromatic rings. The molecule has 0 unspecified atom stereocenters. The van der Waals surface area contributed by atoms with Gasteiger partial charge in [-0.05, 0) is 0 Å². The number of hydrogen-bond acceptors (Lipinski definition) is 2. The largest absolute Gasteiger partial charge is 0.279 e. The van der Waals surface area contributed by atoms with Gasteiger partial charge in [0, 0.05) is 20.1 Å². The number of nitrogens with zero attached hydrogens (tertiary/aromatic N) is 1. The third-order valence-electron chi connectivity index (χ3n) is 1.00. The van der Waals surface area contributed by atoms with Gasteiger partial charge >= 0.3 is 0 Å². The van der Waals surface area contributed by atoms with Crippen molar-refractivity contribution in [3.8, 4) is 0 Å². The molecule has 1 aliphatic rings. The Bertz CT molecular complexity index is 170. The lowest BCUT2D eigenvalue weighted by molar-refractivity contribution is 0.554. The predicted molar refractivity (Wildman–Crippen MR) is 29.6 cm³/mol. The molecule has 0 aromatic heterocycles. The summed E-state index contributed by atoms with van der Waals surface area (Å²) in [5.74, 6) is 0. The summed E-state index contributed by atoms with van der Waals surface area (Å²) in [6.07, 6.45) is 0. The van der Waals surface area contributed by atoms with Crippen molar-refractivity contribution >= 4 is 10.2 Å². The molecule has 1 saturated heterocycles. The molecule has 48 valence electrons. The highest BCUT2D eigenvalue weighted by Crippen LogP contribution is 2.07. The second kappa shape index (κ2) is 1.68. The molecule has 1 N–H and O–H groups in total. The Labute approximate surface area is 48.7 Å². The SMILES string of the molecule is CNS(=O)(=O)N1CC1. The Morgan fingerprint density at radius 3 is 2.12 bits per heavy atom. The van der Waals surface area contributed by atoms with Crippen LogP contribution in [0.15, 0.2) is 0 Å². The van der Waals surface area contributed by atoms with Gasteiger partial charge in [0.2, 0.25) is 0 Å². The van der Waals surface area contributed by atoms with Crippen LogP contribution in [-0.4, -0.2) is 32.9 Å². The minimum atomic E-state index is -3.04. The second-order valence-corrected chi connectivity index (χ2v) is 3.48. The Kier molecular flexibility index (Phi) is 1.26. The minimum Gasteiger partial charge on any atom is -0.205 e. The van der Waals surface area contributed by atoms with Crippen LogP contribution in [0, 0.1) is 0 Å². The molecule has 0 saturated carbocycles. The predicted octanol–water partition coefficient (Wildman–Crippen LogP) is -1.23. The van der Waals surface area contributed by atoms with E-state index < -0.39 is 10.2 Å². The van der Waals surface area contributed by atoms with E-state index in [-0.39, 0.29) is 0 Å². The summed E-state index contributed by atoms with van der Waals surface area (Å²) in [6.45, 7) is 1.34. The van der Waals surface area contributed by atoms with Gasteiger partial charge in [0.1, 0.15) is 0 Å². The van der Waals surface area contributed by atoms with Crippen molar-refractivity contribution in [1.82, 2.24) is 9.03 Å². The van der Waals surface area contributed by atoms with Crippen LogP contribution in [0.1, 0.15) is 0 Å². The Morgan fingerprint density at radius 1 is 1.50 bits per heavy atom. The lowest BCUT2D eigenvalue weighted by Gasteiger charge is -1.97. The fraction of sp³-hybridized carbons (Fsp3) is 1.00. The Hall–Kier alpha value is -0.130. The molecule has 8 heavy (non-hydrogen) atoms. The van der Waals surface area contributed by atoms with Gasteiger partial charge in [-0.15, -0.1) is 0 Å². The van der Waals surface area contributed by atoms with Gasteiger partial charge in [-0.2, -0.15) is 12.7 Å². The third-order valence-corrected chi connectivity index (χ3v) is 2.56. The minimum absolute atomic E-state index is 0.670. The summed E-state index contributed by atoms with van der Waals surface area (Å²) in [4.78, 5) is 0. The van der Waals surface area contributed by atoms with Crippen LogP contribution < -0.4 is 4.72 Å². The molecule has 1 fully saturated rings. The van der Waals surface area contributed by atoms with Crippen molar-refractivity contribution in [3.63, 3.8) is 0 Å². The van der Waals surface area contributed by atoms with Gasteiger partial charge in [-0.25, -0.2) is 4.72 Å². The molecule has 0 aliphatic carbocycles. The molecule has 4 nitrogen and oxygen atoms in total. The highest BCUT2D eigenvalue weighted by atomic mass is 32.2. The first kappa shape index (κ1) is 6.00. The molecule has 1 aliphatic heterocycles. The quantitative estimate of drug-likeness (QED) is 0.483. The summed E-state index contributed by atoms with van der Waals surface area (Å²) in [5, 5.41) is 0. The summed E-state index contributed by atoms with van der Waals surface area (Å²) in [6, 6.07) is 0. The number of rotatable bonds is 2. The van der Waals surface area contributed by atoms with Crippen LogP contribution in [0.5, 0.6) is 0 Å². The van der Waals surface area contributed by atoms with Gasteiger partial charge < -0.3 is 0 Å². The van der Waals surface area contributed by atoms with Gasteiger partial charge in [-0.1, -0.05) is 0 Å². The van der Waals surface area contributed by atoms with Gasteiger partial charge in [0.05, 0.1) is 0 Å². The molecule has 1 heterocycles. The van der Waals surface area contributed by atoms with Crippen molar-refractivity contribution in [2.24, 2.45) is 0 Å². The fourth-order valence-corrected chi connectivity index (χ4v) is 1.23. The lowest BCUT2D eigenvalue weighted by Crippen LogP contribution is -2.25. The maximum Gasteiger partial charge on any atom is 0.279 e. The van der Waals surface area contributed by atoms with E-state index in [0.717, 1.165) is 0 Å². The topological polar surface area (TPSA) is 49.2 Å². The van der Waals surface area contributed by atoms with Crippen molar-refractivity contribution in [2.75, 3.05) is 20.1 Å². The average Bonchev–Trinajstić information content (AvgIpc) is 2.44. The zero-order chi connectivity index (χ0) is 6.20. The molecule has 5 heteroatoms. The summed E-state index contributed by atoms with van der Waals surface area (Å²) >= 11 is 0. The Morgan fingerprint density at radius 2 is 2.00 bits per heavy atom.